The van der Waals surface area contributed by atoms with Gasteiger partial charge < -0.3 is 4.74 Å². The van der Waals surface area contributed by atoms with Crippen LogP contribution in [-0.2, 0) is 11.0 Å². The van der Waals surface area contributed by atoms with Crippen molar-refractivity contribution in [2.75, 3.05) is 0 Å². The molecule has 1 aromatic rings. The van der Waals surface area contributed by atoms with Crippen LogP contribution in [0.5, 0.6) is 5.75 Å². The number of ether oxygens (including phenoxy) is 1. The summed E-state index contributed by atoms with van der Waals surface area (Å²) in [6.45, 7) is 2.07. The van der Waals surface area contributed by atoms with Crippen LogP contribution in [0.15, 0.2) is 24.3 Å². The van der Waals surface area contributed by atoms with Gasteiger partial charge in [-0.05, 0) is 87.9 Å². The van der Waals surface area contributed by atoms with Crippen molar-refractivity contribution in [1.82, 2.24) is 0 Å². The molecule has 0 bridgehead atoms. The Morgan fingerprint density at radius 3 is 2.18 bits per heavy atom. The molecule has 7 heteroatoms. The predicted molar refractivity (Wildman–Crippen MR) is 119 cm³/mol. The summed E-state index contributed by atoms with van der Waals surface area (Å²) in [5.41, 5.74) is -1.97. The van der Waals surface area contributed by atoms with Gasteiger partial charge in [0.2, 0.25) is 0 Å². The number of carbonyl (C=O) groups excluding carboxylic acids is 1. The monoisotopic (exact) mass is 484 g/mol. The molecule has 2 nitrogen and oxygen atoms in total. The van der Waals surface area contributed by atoms with Crippen molar-refractivity contribution in [2.45, 2.75) is 77.3 Å². The summed E-state index contributed by atoms with van der Waals surface area (Å²) in [6.07, 6.45) is 10.0. The summed E-state index contributed by atoms with van der Waals surface area (Å²) in [5, 5.41) is 0. The third kappa shape index (κ3) is 5.49. The highest BCUT2D eigenvalue weighted by Crippen LogP contribution is 2.50. The van der Waals surface area contributed by atoms with Crippen molar-refractivity contribution in [3.8, 4) is 5.75 Å². The smallest absolute Gasteiger partial charge is 0.422 e. The third-order valence-electron chi connectivity index (χ3n) is 8.46. The lowest BCUT2D eigenvalue weighted by Crippen LogP contribution is -2.40. The van der Waals surface area contributed by atoms with Gasteiger partial charge in [-0.1, -0.05) is 25.0 Å². The Morgan fingerprint density at radius 2 is 1.56 bits per heavy atom. The first-order chi connectivity index (χ1) is 16.2. The topological polar surface area (TPSA) is 26.3 Å². The minimum absolute atomic E-state index is 0.168. The van der Waals surface area contributed by atoms with Crippen LogP contribution in [0.1, 0.15) is 76.7 Å². The zero-order valence-electron chi connectivity index (χ0n) is 19.6. The molecule has 0 amide bonds. The predicted octanol–water partition coefficient (Wildman–Crippen LogP) is 8.10. The summed E-state index contributed by atoms with van der Waals surface area (Å²) >= 11 is 0. The molecule has 0 heterocycles. The van der Waals surface area contributed by atoms with Crippen molar-refractivity contribution in [1.29, 1.82) is 0 Å². The molecule has 4 atom stereocenters. The number of fused-ring (bicyclic) bond motifs is 1. The van der Waals surface area contributed by atoms with Crippen LogP contribution >= 0.6 is 0 Å². The zero-order chi connectivity index (χ0) is 24.5. The molecule has 0 aromatic heterocycles. The van der Waals surface area contributed by atoms with E-state index in [1.807, 2.05) is 0 Å². The first kappa shape index (κ1) is 25.2. The Kier molecular flexibility index (Phi) is 7.68. The molecular formula is C27H33F5O2. The van der Waals surface area contributed by atoms with E-state index in [1.165, 1.54) is 25.7 Å². The first-order valence-corrected chi connectivity index (χ1v) is 12.6. The first-order valence-electron chi connectivity index (χ1n) is 12.6. The Morgan fingerprint density at radius 1 is 0.912 bits per heavy atom. The third-order valence-corrected chi connectivity index (χ3v) is 8.46. The lowest BCUT2D eigenvalue weighted by molar-refractivity contribution is -0.144. The molecule has 1 aromatic carbocycles. The summed E-state index contributed by atoms with van der Waals surface area (Å²) in [6, 6.07) is 0.899. The van der Waals surface area contributed by atoms with E-state index < -0.39 is 35.1 Å². The van der Waals surface area contributed by atoms with E-state index in [1.54, 1.807) is 0 Å². The fraction of sp³-hybridized carbons (Fsp3) is 0.667. The summed E-state index contributed by atoms with van der Waals surface area (Å²) in [4.78, 5) is 12.9. The minimum atomic E-state index is -5.15. The molecule has 3 aliphatic carbocycles. The maximum Gasteiger partial charge on any atom is 0.422 e. The van der Waals surface area contributed by atoms with E-state index in [0.29, 0.717) is 36.3 Å². The van der Waals surface area contributed by atoms with Gasteiger partial charge in [0, 0.05) is 12.1 Å². The minimum Gasteiger partial charge on any atom is -0.426 e. The highest BCUT2D eigenvalue weighted by Gasteiger charge is 2.44. The van der Waals surface area contributed by atoms with Gasteiger partial charge in [0.1, 0.15) is 22.9 Å². The fourth-order valence-electron chi connectivity index (χ4n) is 6.87. The molecule has 0 aliphatic heterocycles. The Hall–Kier alpha value is -1.92. The van der Waals surface area contributed by atoms with Gasteiger partial charge >= 0.3 is 12.1 Å². The largest absolute Gasteiger partial charge is 0.426 e. The maximum atomic E-state index is 13.9. The van der Waals surface area contributed by atoms with Gasteiger partial charge in [-0.15, -0.1) is 0 Å². The van der Waals surface area contributed by atoms with Gasteiger partial charge in [-0.2, -0.15) is 13.2 Å². The number of benzene rings is 1. The van der Waals surface area contributed by atoms with E-state index >= 15 is 0 Å². The average Bonchev–Trinajstić information content (AvgIpc) is 2.77. The molecule has 3 aliphatic rings. The van der Waals surface area contributed by atoms with Crippen molar-refractivity contribution < 1.29 is 31.5 Å². The van der Waals surface area contributed by atoms with Crippen molar-refractivity contribution >= 4 is 5.97 Å². The van der Waals surface area contributed by atoms with Crippen LogP contribution < -0.4 is 4.74 Å². The molecule has 4 unspecified atom stereocenters. The maximum absolute atomic E-state index is 13.9. The fourth-order valence-corrected chi connectivity index (χ4v) is 6.87. The molecule has 4 rings (SSSR count). The molecule has 3 fully saturated rings. The average molecular weight is 485 g/mol. The SMILES string of the molecule is C/C=C/C1CCC(C2CCC3C(CCCC3C(=O)Oc3cc(F)c(C(F)(F)F)c(F)c3)C2)CC1. The Labute approximate surface area is 197 Å². The highest BCUT2D eigenvalue weighted by molar-refractivity contribution is 5.75. The van der Waals surface area contributed by atoms with E-state index in [9.17, 15) is 26.7 Å². The van der Waals surface area contributed by atoms with Crippen molar-refractivity contribution in [3.63, 3.8) is 0 Å². The number of rotatable bonds is 4. The summed E-state index contributed by atoms with van der Waals surface area (Å²) < 4.78 is 71.4. The molecular weight excluding hydrogens is 451 g/mol. The molecule has 0 radical (unpaired) electrons. The van der Waals surface area contributed by atoms with Gasteiger partial charge in [0.05, 0.1) is 5.92 Å². The normalized spacial score (nSPS) is 32.4. The molecule has 0 saturated heterocycles. The van der Waals surface area contributed by atoms with Gasteiger partial charge in [0.15, 0.2) is 0 Å². The lowest BCUT2D eigenvalue weighted by atomic mass is 9.59. The lowest BCUT2D eigenvalue weighted by Gasteiger charge is -2.45. The molecule has 0 spiro atoms. The molecule has 0 N–H and O–H groups in total. The Bertz CT molecular complexity index is 878. The summed E-state index contributed by atoms with van der Waals surface area (Å²) in [5.74, 6) is -2.30. The van der Waals surface area contributed by atoms with Crippen LogP contribution in [0.3, 0.4) is 0 Å². The number of carbonyl (C=O) groups is 1. The molecule has 188 valence electrons. The van der Waals surface area contributed by atoms with Gasteiger partial charge in [-0.25, -0.2) is 8.78 Å². The second-order valence-corrected chi connectivity index (χ2v) is 10.4. The number of hydrogen-bond acceptors (Lipinski definition) is 2. The zero-order valence-corrected chi connectivity index (χ0v) is 19.6. The number of esters is 1. The van der Waals surface area contributed by atoms with E-state index in [4.69, 9.17) is 4.74 Å². The van der Waals surface area contributed by atoms with Crippen LogP contribution in [0.4, 0.5) is 22.0 Å². The highest BCUT2D eigenvalue weighted by atomic mass is 19.4. The van der Waals surface area contributed by atoms with Crippen LogP contribution in [0.25, 0.3) is 0 Å². The number of halogens is 5. The Balaban J connectivity index is 1.38. The van der Waals surface area contributed by atoms with Crippen LogP contribution in [0.2, 0.25) is 0 Å². The van der Waals surface area contributed by atoms with Crippen molar-refractivity contribution in [2.24, 2.45) is 35.5 Å². The van der Waals surface area contributed by atoms with Gasteiger partial charge in [-0.3, -0.25) is 4.79 Å². The standard InChI is InChI=1S/C27H33F5O2/c1-2-4-16-7-9-17(10-8-16)18-11-12-21-19(13-18)5-3-6-22(21)26(33)34-20-14-23(28)25(24(29)15-20)27(30,31)32/h2,4,14-19,21-22H,3,5-13H2,1H3/b4-2+. The quantitative estimate of drug-likeness (QED) is 0.187. The van der Waals surface area contributed by atoms with Crippen molar-refractivity contribution in [3.05, 3.63) is 41.5 Å². The second-order valence-electron chi connectivity index (χ2n) is 10.4. The van der Waals surface area contributed by atoms with E-state index in [2.05, 4.69) is 19.1 Å². The van der Waals surface area contributed by atoms with E-state index in [-0.39, 0.29) is 11.8 Å². The summed E-state index contributed by atoms with van der Waals surface area (Å²) in [7, 11) is 0. The van der Waals surface area contributed by atoms with Crippen LogP contribution in [-0.4, -0.2) is 5.97 Å². The van der Waals surface area contributed by atoms with Gasteiger partial charge in [0.25, 0.3) is 0 Å². The molecule has 34 heavy (non-hydrogen) atoms. The second kappa shape index (κ2) is 10.4. The number of hydrogen-bond donors (Lipinski definition) is 0. The van der Waals surface area contributed by atoms with Crippen LogP contribution in [0, 0.1) is 47.1 Å². The molecule has 3 saturated carbocycles. The van der Waals surface area contributed by atoms with E-state index in [0.717, 1.165) is 38.0 Å². The number of alkyl halides is 3. The number of allylic oxidation sites excluding steroid dienone is 2.